The largest absolute Gasteiger partial charge is 0.357 e. The van der Waals surface area contributed by atoms with Gasteiger partial charge in [0.1, 0.15) is 0 Å². The molecule has 3 nitrogen and oxygen atoms in total. The molecule has 1 rings (SSSR count). The van der Waals surface area contributed by atoms with Crippen molar-refractivity contribution in [2.75, 3.05) is 19.6 Å². The van der Waals surface area contributed by atoms with Crippen LogP contribution in [0.2, 0.25) is 0 Å². The van der Waals surface area contributed by atoms with Gasteiger partial charge in [-0.2, -0.15) is 0 Å². The Bertz CT molecular complexity index is 319. The summed E-state index contributed by atoms with van der Waals surface area (Å²) >= 11 is 0. The number of aliphatic imine (C=N–C) groups is 1. The summed E-state index contributed by atoms with van der Waals surface area (Å²) in [5, 5.41) is 6.59. The third-order valence-electron chi connectivity index (χ3n) is 2.39. The third kappa shape index (κ3) is 5.95. The van der Waals surface area contributed by atoms with Gasteiger partial charge in [-0.15, -0.1) is 0 Å². The SMILES string of the molecule is CCCN=C(NCC)NCCc1ccccc1. The van der Waals surface area contributed by atoms with Crippen LogP contribution in [0.4, 0.5) is 0 Å². The molecule has 94 valence electrons. The summed E-state index contributed by atoms with van der Waals surface area (Å²) in [5.74, 6) is 0.922. The van der Waals surface area contributed by atoms with E-state index in [1.54, 1.807) is 0 Å². The van der Waals surface area contributed by atoms with Gasteiger partial charge in [-0.1, -0.05) is 37.3 Å². The van der Waals surface area contributed by atoms with Gasteiger partial charge in [-0.05, 0) is 25.3 Å². The molecule has 0 amide bonds. The van der Waals surface area contributed by atoms with Gasteiger partial charge in [0.25, 0.3) is 0 Å². The van der Waals surface area contributed by atoms with Crippen LogP contribution in [0.25, 0.3) is 0 Å². The molecule has 0 spiro atoms. The van der Waals surface area contributed by atoms with Crippen molar-refractivity contribution in [1.82, 2.24) is 10.6 Å². The molecule has 0 aliphatic heterocycles. The van der Waals surface area contributed by atoms with E-state index in [2.05, 4.69) is 53.7 Å². The molecule has 0 unspecified atom stereocenters. The van der Waals surface area contributed by atoms with E-state index in [0.29, 0.717) is 0 Å². The fourth-order valence-electron chi connectivity index (χ4n) is 1.54. The van der Waals surface area contributed by atoms with Crippen LogP contribution in [0.5, 0.6) is 0 Å². The first-order valence-electron chi connectivity index (χ1n) is 6.43. The second-order valence-corrected chi connectivity index (χ2v) is 3.92. The summed E-state index contributed by atoms with van der Waals surface area (Å²) in [4.78, 5) is 4.46. The lowest BCUT2D eigenvalue weighted by molar-refractivity contribution is 0.793. The van der Waals surface area contributed by atoms with Crippen LogP contribution in [-0.2, 0) is 6.42 Å². The summed E-state index contributed by atoms with van der Waals surface area (Å²) in [5.41, 5.74) is 1.35. The van der Waals surface area contributed by atoms with Gasteiger partial charge < -0.3 is 10.6 Å². The number of guanidine groups is 1. The van der Waals surface area contributed by atoms with Crippen LogP contribution in [0.15, 0.2) is 35.3 Å². The van der Waals surface area contributed by atoms with E-state index in [9.17, 15) is 0 Å². The smallest absolute Gasteiger partial charge is 0.191 e. The van der Waals surface area contributed by atoms with Crippen LogP contribution in [-0.4, -0.2) is 25.6 Å². The minimum absolute atomic E-state index is 0.876. The Hall–Kier alpha value is -1.51. The maximum atomic E-state index is 4.46. The van der Waals surface area contributed by atoms with Gasteiger partial charge in [-0.3, -0.25) is 4.99 Å². The number of nitrogens with zero attached hydrogens (tertiary/aromatic N) is 1. The molecule has 0 fully saturated rings. The zero-order chi connectivity index (χ0) is 12.3. The molecule has 0 bridgehead atoms. The standard InChI is InChI=1S/C14H23N3/c1-3-11-16-14(15-4-2)17-12-10-13-8-6-5-7-9-13/h5-9H,3-4,10-12H2,1-2H3,(H2,15,16,17). The molecule has 0 atom stereocenters. The molecule has 0 heterocycles. The van der Waals surface area contributed by atoms with Crippen molar-refractivity contribution in [3.63, 3.8) is 0 Å². The highest BCUT2D eigenvalue weighted by atomic mass is 15.2. The first-order valence-corrected chi connectivity index (χ1v) is 6.43. The Kier molecular flexibility index (Phi) is 6.87. The van der Waals surface area contributed by atoms with Gasteiger partial charge in [0, 0.05) is 19.6 Å². The lowest BCUT2D eigenvalue weighted by Crippen LogP contribution is -2.38. The molecule has 2 N–H and O–H groups in total. The van der Waals surface area contributed by atoms with Crippen molar-refractivity contribution in [1.29, 1.82) is 0 Å². The van der Waals surface area contributed by atoms with Crippen LogP contribution >= 0.6 is 0 Å². The predicted octanol–water partition coefficient (Wildman–Crippen LogP) is 2.19. The van der Waals surface area contributed by atoms with E-state index >= 15 is 0 Å². The lowest BCUT2D eigenvalue weighted by atomic mass is 10.1. The zero-order valence-electron chi connectivity index (χ0n) is 10.9. The van der Waals surface area contributed by atoms with Crippen LogP contribution in [0.3, 0.4) is 0 Å². The van der Waals surface area contributed by atoms with Gasteiger partial charge in [0.2, 0.25) is 0 Å². The van der Waals surface area contributed by atoms with E-state index in [4.69, 9.17) is 0 Å². The first-order chi connectivity index (χ1) is 8.36. The number of rotatable bonds is 6. The first kappa shape index (κ1) is 13.6. The summed E-state index contributed by atoms with van der Waals surface area (Å²) in [6.07, 6.45) is 2.10. The molecule has 17 heavy (non-hydrogen) atoms. The van der Waals surface area contributed by atoms with E-state index in [1.807, 2.05) is 6.07 Å². The van der Waals surface area contributed by atoms with Crippen LogP contribution < -0.4 is 10.6 Å². The number of nitrogens with one attached hydrogen (secondary N) is 2. The Morgan fingerprint density at radius 2 is 1.88 bits per heavy atom. The molecule has 0 aliphatic carbocycles. The van der Waals surface area contributed by atoms with Gasteiger partial charge in [-0.25, -0.2) is 0 Å². The molecule has 0 saturated carbocycles. The molecular weight excluding hydrogens is 210 g/mol. The highest BCUT2D eigenvalue weighted by Gasteiger charge is 1.96. The second-order valence-electron chi connectivity index (χ2n) is 3.92. The predicted molar refractivity (Wildman–Crippen MR) is 74.4 cm³/mol. The fourth-order valence-corrected chi connectivity index (χ4v) is 1.54. The van der Waals surface area contributed by atoms with E-state index in [0.717, 1.165) is 38.4 Å². The summed E-state index contributed by atoms with van der Waals surface area (Å²) in [6, 6.07) is 10.5. The number of hydrogen-bond donors (Lipinski definition) is 2. The minimum atomic E-state index is 0.876. The fraction of sp³-hybridized carbons (Fsp3) is 0.500. The maximum absolute atomic E-state index is 4.46. The number of benzene rings is 1. The molecule has 0 aromatic heterocycles. The lowest BCUT2D eigenvalue weighted by Gasteiger charge is -2.10. The van der Waals surface area contributed by atoms with Crippen LogP contribution in [0, 0.1) is 0 Å². The van der Waals surface area contributed by atoms with Gasteiger partial charge in [0.05, 0.1) is 0 Å². The second kappa shape index (κ2) is 8.62. The van der Waals surface area contributed by atoms with Crippen molar-refractivity contribution < 1.29 is 0 Å². The molecule has 0 saturated heterocycles. The van der Waals surface area contributed by atoms with Gasteiger partial charge in [0.15, 0.2) is 5.96 Å². The van der Waals surface area contributed by atoms with Crippen LogP contribution in [0.1, 0.15) is 25.8 Å². The quantitative estimate of drug-likeness (QED) is 0.584. The molecular formula is C14H23N3. The Morgan fingerprint density at radius 3 is 2.53 bits per heavy atom. The summed E-state index contributed by atoms with van der Waals surface area (Å²) in [7, 11) is 0. The van der Waals surface area contributed by atoms with Crippen molar-refractivity contribution in [3.8, 4) is 0 Å². The summed E-state index contributed by atoms with van der Waals surface area (Å²) in [6.45, 7) is 6.92. The average Bonchev–Trinajstić information content (AvgIpc) is 2.37. The van der Waals surface area contributed by atoms with E-state index in [-0.39, 0.29) is 0 Å². The molecule has 0 radical (unpaired) electrons. The zero-order valence-corrected chi connectivity index (χ0v) is 10.9. The van der Waals surface area contributed by atoms with Crippen molar-refractivity contribution in [3.05, 3.63) is 35.9 Å². The minimum Gasteiger partial charge on any atom is -0.357 e. The van der Waals surface area contributed by atoms with Crippen molar-refractivity contribution in [2.45, 2.75) is 26.7 Å². The van der Waals surface area contributed by atoms with Crippen molar-refractivity contribution >= 4 is 5.96 Å². The Labute approximate surface area is 104 Å². The van der Waals surface area contributed by atoms with Crippen molar-refractivity contribution in [2.24, 2.45) is 4.99 Å². The normalized spacial score (nSPS) is 11.3. The molecule has 3 heteroatoms. The number of hydrogen-bond acceptors (Lipinski definition) is 1. The average molecular weight is 233 g/mol. The monoisotopic (exact) mass is 233 g/mol. The molecule has 1 aromatic rings. The highest BCUT2D eigenvalue weighted by Crippen LogP contribution is 1.97. The van der Waals surface area contributed by atoms with Gasteiger partial charge >= 0.3 is 0 Å². The molecule has 1 aromatic carbocycles. The third-order valence-corrected chi connectivity index (χ3v) is 2.39. The highest BCUT2D eigenvalue weighted by molar-refractivity contribution is 5.79. The molecule has 0 aliphatic rings. The topological polar surface area (TPSA) is 36.4 Å². The maximum Gasteiger partial charge on any atom is 0.191 e. The Balaban J connectivity index is 2.32. The summed E-state index contributed by atoms with van der Waals surface area (Å²) < 4.78 is 0. The van der Waals surface area contributed by atoms with E-state index < -0.39 is 0 Å². The Morgan fingerprint density at radius 1 is 1.12 bits per heavy atom. The van der Waals surface area contributed by atoms with E-state index in [1.165, 1.54) is 5.56 Å².